The Labute approximate surface area is 225 Å². The average Bonchev–Trinajstić information content (AvgIpc) is 3.52. The number of rotatable bonds is 5. The van der Waals surface area contributed by atoms with E-state index in [0.29, 0.717) is 22.3 Å². The molecule has 200 valence electrons. The first kappa shape index (κ1) is 25.1. The van der Waals surface area contributed by atoms with Gasteiger partial charge in [0.2, 0.25) is 11.8 Å². The molecule has 5 heterocycles. The van der Waals surface area contributed by atoms with Gasteiger partial charge in [0, 0.05) is 49.7 Å². The fourth-order valence-corrected chi connectivity index (χ4v) is 6.19. The number of imidazole rings is 1. The molecule has 2 N–H and O–H groups in total. The van der Waals surface area contributed by atoms with Gasteiger partial charge in [-0.15, -0.1) is 0 Å². The largest absolute Gasteiger partial charge is 0.439 e. The molecule has 0 aromatic carbocycles. The van der Waals surface area contributed by atoms with E-state index in [1.165, 1.54) is 25.7 Å². The Morgan fingerprint density at radius 1 is 1.13 bits per heavy atom. The number of hydrogen-bond donors (Lipinski definition) is 2. The van der Waals surface area contributed by atoms with Crippen LogP contribution in [0.15, 0.2) is 33.8 Å². The van der Waals surface area contributed by atoms with E-state index in [2.05, 4.69) is 50.7 Å². The predicted octanol–water partition coefficient (Wildman–Crippen LogP) is 4.68. The number of hydrogen-bond acceptors (Lipinski definition) is 8. The third-order valence-corrected chi connectivity index (χ3v) is 8.43. The zero-order chi connectivity index (χ0) is 26.4. The van der Waals surface area contributed by atoms with Crippen LogP contribution in [0.25, 0.3) is 33.8 Å². The number of aromatic nitrogens is 6. The van der Waals surface area contributed by atoms with Gasteiger partial charge < -0.3 is 14.8 Å². The molecule has 0 spiro atoms. The van der Waals surface area contributed by atoms with Crippen LogP contribution in [0.1, 0.15) is 52.5 Å². The fraction of sp³-hybridized carbons (Fsp3) is 0.519. The molecule has 1 unspecified atom stereocenters. The number of nitrogens with one attached hydrogen (secondary N) is 2. The summed E-state index contributed by atoms with van der Waals surface area (Å²) in [6.07, 6.45) is 8.25. The van der Waals surface area contributed by atoms with Gasteiger partial charge >= 0.3 is 5.76 Å². The number of pyridine rings is 2. The summed E-state index contributed by atoms with van der Waals surface area (Å²) in [5.41, 5.74) is 3.68. The minimum absolute atomic E-state index is 0.218. The first-order valence-corrected chi connectivity index (χ1v) is 13.8. The van der Waals surface area contributed by atoms with Gasteiger partial charge in [-0.05, 0) is 50.7 Å². The van der Waals surface area contributed by atoms with Crippen LogP contribution in [0, 0.1) is 11.8 Å². The number of piperazine rings is 1. The lowest BCUT2D eigenvalue weighted by Gasteiger charge is -2.38. The summed E-state index contributed by atoms with van der Waals surface area (Å²) >= 11 is 6.39. The van der Waals surface area contributed by atoms with Crippen molar-refractivity contribution in [2.75, 3.05) is 24.5 Å². The SMILES string of the molecule is CC1CCC(C(C)n2c(N3CCNC[C@H]3C)nc3cc(-c4noc(=O)[nH]4)nc(-c4cncc(Cl)c4)c32)CC1. The maximum Gasteiger partial charge on any atom is 0.439 e. The lowest BCUT2D eigenvalue weighted by molar-refractivity contribution is 0.227. The van der Waals surface area contributed by atoms with Gasteiger partial charge in [0.15, 0.2) is 0 Å². The molecule has 11 heteroatoms. The van der Waals surface area contributed by atoms with Crippen LogP contribution >= 0.6 is 11.6 Å². The lowest BCUT2D eigenvalue weighted by atomic mass is 9.79. The van der Waals surface area contributed by atoms with Crippen LogP contribution in [-0.4, -0.2) is 55.3 Å². The summed E-state index contributed by atoms with van der Waals surface area (Å²) in [5, 5.41) is 7.91. The zero-order valence-corrected chi connectivity index (χ0v) is 22.7. The number of fused-ring (bicyclic) bond motifs is 1. The Morgan fingerprint density at radius 2 is 1.95 bits per heavy atom. The summed E-state index contributed by atoms with van der Waals surface area (Å²) < 4.78 is 7.18. The summed E-state index contributed by atoms with van der Waals surface area (Å²) in [6, 6.07) is 4.25. The quantitative estimate of drug-likeness (QED) is 0.377. The summed E-state index contributed by atoms with van der Waals surface area (Å²) in [5.74, 6) is 1.89. The molecule has 2 aliphatic rings. The van der Waals surface area contributed by atoms with Crippen LogP contribution < -0.4 is 16.0 Å². The minimum Gasteiger partial charge on any atom is -0.337 e. The molecule has 2 fully saturated rings. The number of H-pyrrole nitrogens is 1. The van der Waals surface area contributed by atoms with Crippen LogP contribution in [-0.2, 0) is 0 Å². The normalized spacial score (nSPS) is 23.2. The first-order chi connectivity index (χ1) is 18.4. The van der Waals surface area contributed by atoms with E-state index < -0.39 is 5.76 Å². The second-order valence-electron chi connectivity index (χ2n) is 10.8. The third kappa shape index (κ3) is 4.60. The summed E-state index contributed by atoms with van der Waals surface area (Å²) in [7, 11) is 0. The van der Waals surface area contributed by atoms with Gasteiger partial charge in [-0.1, -0.05) is 36.5 Å². The van der Waals surface area contributed by atoms with Crippen molar-refractivity contribution in [2.24, 2.45) is 11.8 Å². The first-order valence-electron chi connectivity index (χ1n) is 13.5. The van der Waals surface area contributed by atoms with Crippen LogP contribution in [0.5, 0.6) is 0 Å². The van der Waals surface area contributed by atoms with Gasteiger partial charge in [0.05, 0.1) is 21.7 Å². The Kier molecular flexibility index (Phi) is 6.69. The Hall–Kier alpha value is -3.24. The molecule has 1 aliphatic heterocycles. The molecular formula is C27H33ClN8O2. The van der Waals surface area contributed by atoms with E-state index in [1.807, 2.05) is 12.1 Å². The topological polar surface area (TPSA) is 118 Å². The highest BCUT2D eigenvalue weighted by Gasteiger charge is 2.32. The average molecular weight is 537 g/mol. The molecule has 0 radical (unpaired) electrons. The second kappa shape index (κ2) is 10.1. The Balaban J connectivity index is 1.61. The number of aromatic amines is 1. The molecule has 4 aromatic heterocycles. The molecule has 1 saturated carbocycles. The number of anilines is 1. The summed E-state index contributed by atoms with van der Waals surface area (Å²) in [6.45, 7) is 9.57. The van der Waals surface area contributed by atoms with Crippen LogP contribution in [0.4, 0.5) is 5.95 Å². The molecular weight excluding hydrogens is 504 g/mol. The van der Waals surface area contributed by atoms with Gasteiger partial charge in [0.1, 0.15) is 5.69 Å². The zero-order valence-electron chi connectivity index (χ0n) is 21.9. The maximum atomic E-state index is 11.7. The smallest absolute Gasteiger partial charge is 0.337 e. The third-order valence-electron chi connectivity index (χ3n) is 8.22. The maximum absolute atomic E-state index is 11.7. The van der Waals surface area contributed by atoms with Gasteiger partial charge in [-0.2, -0.15) is 0 Å². The summed E-state index contributed by atoms with van der Waals surface area (Å²) in [4.78, 5) is 31.3. The highest BCUT2D eigenvalue weighted by atomic mass is 35.5. The van der Waals surface area contributed by atoms with E-state index in [0.717, 1.165) is 48.1 Å². The second-order valence-corrected chi connectivity index (χ2v) is 11.3. The van der Waals surface area contributed by atoms with Crippen molar-refractivity contribution in [3.8, 4) is 22.8 Å². The van der Waals surface area contributed by atoms with Crippen LogP contribution in [0.2, 0.25) is 5.02 Å². The van der Waals surface area contributed by atoms with E-state index >= 15 is 0 Å². The highest BCUT2D eigenvalue weighted by Crippen LogP contribution is 2.42. The lowest BCUT2D eigenvalue weighted by Crippen LogP contribution is -2.51. The van der Waals surface area contributed by atoms with Crippen molar-refractivity contribution in [3.63, 3.8) is 0 Å². The molecule has 0 bridgehead atoms. The molecule has 2 atom stereocenters. The highest BCUT2D eigenvalue weighted by molar-refractivity contribution is 6.30. The van der Waals surface area contributed by atoms with Gasteiger partial charge in [-0.3, -0.25) is 14.5 Å². The Morgan fingerprint density at radius 3 is 2.66 bits per heavy atom. The molecule has 38 heavy (non-hydrogen) atoms. The number of nitrogens with zero attached hydrogens (tertiary/aromatic N) is 6. The fourth-order valence-electron chi connectivity index (χ4n) is 6.02. The molecule has 4 aromatic rings. The van der Waals surface area contributed by atoms with Crippen LogP contribution in [0.3, 0.4) is 0 Å². The van der Waals surface area contributed by atoms with E-state index in [9.17, 15) is 4.79 Å². The van der Waals surface area contributed by atoms with E-state index in [-0.39, 0.29) is 17.9 Å². The Bertz CT molecular complexity index is 1500. The number of halogens is 1. The monoisotopic (exact) mass is 536 g/mol. The van der Waals surface area contributed by atoms with Crippen molar-refractivity contribution in [2.45, 2.75) is 58.5 Å². The van der Waals surface area contributed by atoms with E-state index in [4.69, 9.17) is 26.1 Å². The molecule has 6 rings (SSSR count). The van der Waals surface area contributed by atoms with Gasteiger partial charge in [-0.25, -0.2) is 14.8 Å². The molecule has 1 saturated heterocycles. The van der Waals surface area contributed by atoms with Crippen molar-refractivity contribution >= 4 is 28.6 Å². The van der Waals surface area contributed by atoms with Crippen molar-refractivity contribution in [1.82, 2.24) is 35.0 Å². The molecule has 0 amide bonds. The van der Waals surface area contributed by atoms with Crippen molar-refractivity contribution < 1.29 is 4.52 Å². The molecule has 1 aliphatic carbocycles. The van der Waals surface area contributed by atoms with Gasteiger partial charge in [0.25, 0.3) is 0 Å². The predicted molar refractivity (Wildman–Crippen MR) is 147 cm³/mol. The van der Waals surface area contributed by atoms with E-state index in [1.54, 1.807) is 12.4 Å². The van der Waals surface area contributed by atoms with Crippen molar-refractivity contribution in [1.29, 1.82) is 0 Å². The van der Waals surface area contributed by atoms with Crippen molar-refractivity contribution in [3.05, 3.63) is 40.1 Å². The molecule has 10 nitrogen and oxygen atoms in total. The minimum atomic E-state index is -0.631. The standard InChI is InChI=1S/C27H33ClN8O2/c1-15-4-6-18(7-5-15)17(3)36-24-21(32-26(36)35-9-8-29-12-16(35)2)11-22(25-33-27(37)38-34-25)31-23(24)19-10-20(28)14-30-13-19/h10-11,13-18,29H,4-9,12H2,1-3H3,(H,33,34,37)/t15?,16-,17?,18?/m1/s1.